The third-order valence-electron chi connectivity index (χ3n) is 8.34. The van der Waals surface area contributed by atoms with Gasteiger partial charge in [-0.1, -0.05) is 133 Å². The number of rotatable bonds is 8. The summed E-state index contributed by atoms with van der Waals surface area (Å²) in [7, 11) is 1.48. The lowest BCUT2D eigenvalue weighted by molar-refractivity contribution is -0.136. The molecule has 5 aromatic carbocycles. The molecule has 0 atom stereocenters. The minimum absolute atomic E-state index is 0.351. The van der Waals surface area contributed by atoms with Gasteiger partial charge in [-0.05, 0) is 41.0 Å². The molecule has 0 N–H and O–H groups in total. The van der Waals surface area contributed by atoms with Gasteiger partial charge in [-0.2, -0.15) is 0 Å². The number of nitrogens with zero attached hydrogens (tertiary/aromatic N) is 3. The fourth-order valence-electron chi connectivity index (χ4n) is 6.37. The van der Waals surface area contributed by atoms with Crippen molar-refractivity contribution in [3.63, 3.8) is 0 Å². The predicted molar refractivity (Wildman–Crippen MR) is 185 cm³/mol. The zero-order valence-electron chi connectivity index (χ0n) is 25.0. The number of hydrogen-bond donors (Lipinski definition) is 0. The van der Waals surface area contributed by atoms with Gasteiger partial charge in [0.1, 0.15) is 10.6 Å². The number of anilines is 2. The first kappa shape index (κ1) is 28.7. The van der Waals surface area contributed by atoms with Crippen LogP contribution in [0.3, 0.4) is 0 Å². The molecule has 0 radical (unpaired) electrons. The maximum atomic E-state index is 14.3. The van der Waals surface area contributed by atoms with Gasteiger partial charge in [0.05, 0.1) is 24.2 Å². The Morgan fingerprint density at radius 2 is 1.09 bits per heavy atom. The SMILES string of the molecule is COC(=O)C1=C(Cc2ccccc2)SC(=Nc2ccccc2)C12N(Cc1ccccc1)c1ccccc1N2Cc1ccccc1. The summed E-state index contributed by atoms with van der Waals surface area (Å²) in [6, 6.07) is 49.6. The second-order valence-electron chi connectivity index (χ2n) is 11.1. The molecule has 1 spiro atoms. The Labute approximate surface area is 268 Å². The smallest absolute Gasteiger partial charge is 0.339 e. The number of hydrogen-bond acceptors (Lipinski definition) is 6. The summed E-state index contributed by atoms with van der Waals surface area (Å²) >= 11 is 1.59. The van der Waals surface area contributed by atoms with E-state index in [1.54, 1.807) is 11.8 Å². The first-order chi connectivity index (χ1) is 22.2. The predicted octanol–water partition coefficient (Wildman–Crippen LogP) is 8.56. The lowest BCUT2D eigenvalue weighted by atomic mass is 9.93. The highest BCUT2D eigenvalue weighted by molar-refractivity contribution is 8.18. The zero-order valence-corrected chi connectivity index (χ0v) is 25.9. The van der Waals surface area contributed by atoms with Crippen LogP contribution in [0.25, 0.3) is 0 Å². The zero-order chi connectivity index (χ0) is 30.6. The number of esters is 1. The second kappa shape index (κ2) is 12.5. The van der Waals surface area contributed by atoms with E-state index in [1.807, 2.05) is 60.7 Å². The molecular formula is C39H33N3O2S. The van der Waals surface area contributed by atoms with Crippen molar-refractivity contribution in [3.05, 3.63) is 173 Å². The topological polar surface area (TPSA) is 45.1 Å². The van der Waals surface area contributed by atoms with E-state index in [-0.39, 0.29) is 5.97 Å². The molecule has 0 saturated heterocycles. The van der Waals surface area contributed by atoms with Crippen LogP contribution in [0, 0.1) is 0 Å². The van der Waals surface area contributed by atoms with Crippen molar-refractivity contribution < 1.29 is 9.53 Å². The molecule has 0 saturated carbocycles. The summed E-state index contributed by atoms with van der Waals surface area (Å²) in [5, 5.41) is 0.822. The largest absolute Gasteiger partial charge is 0.466 e. The Bertz CT molecular complexity index is 1790. The van der Waals surface area contributed by atoms with Gasteiger partial charge in [0, 0.05) is 24.4 Å². The van der Waals surface area contributed by atoms with Crippen molar-refractivity contribution in [2.75, 3.05) is 16.9 Å². The summed E-state index contributed by atoms with van der Waals surface area (Å²) in [5.74, 6) is -0.351. The maximum Gasteiger partial charge on any atom is 0.339 e. The van der Waals surface area contributed by atoms with E-state index in [4.69, 9.17) is 9.73 Å². The van der Waals surface area contributed by atoms with Gasteiger partial charge in [-0.15, -0.1) is 0 Å². The Balaban J connectivity index is 1.54. The number of carbonyl (C=O) groups excluding carboxylic acids is 1. The van der Waals surface area contributed by atoms with Crippen molar-refractivity contribution in [3.8, 4) is 0 Å². The number of benzene rings is 5. The van der Waals surface area contributed by atoms with E-state index in [2.05, 4.69) is 94.7 Å². The minimum atomic E-state index is -1.06. The average molecular weight is 608 g/mol. The molecule has 5 aromatic rings. The Kier molecular flexibility index (Phi) is 7.97. The van der Waals surface area contributed by atoms with Crippen LogP contribution in [0.4, 0.5) is 17.1 Å². The third kappa shape index (κ3) is 5.32. The van der Waals surface area contributed by atoms with Crippen LogP contribution in [-0.2, 0) is 29.0 Å². The van der Waals surface area contributed by atoms with E-state index in [0.717, 1.165) is 43.7 Å². The third-order valence-corrected chi connectivity index (χ3v) is 9.51. The van der Waals surface area contributed by atoms with Crippen molar-refractivity contribution in [2.45, 2.75) is 25.2 Å². The summed E-state index contributed by atoms with van der Waals surface area (Å²) < 4.78 is 5.66. The summed E-state index contributed by atoms with van der Waals surface area (Å²) in [4.78, 5) is 25.3. The Hall–Kier alpha value is -5.07. The molecule has 0 unspecified atom stereocenters. The standard InChI is InChI=1S/C39H33N3O2S/c1-44-37(43)36-35(26-29-16-6-2-7-17-29)45-38(40-32-22-12-5-13-23-32)39(36)41(27-30-18-8-3-9-19-30)33-24-14-15-25-34(33)42(39)28-31-20-10-4-11-21-31/h2-25H,26-28H2,1H3. The molecule has 2 heterocycles. The fourth-order valence-corrected chi connectivity index (χ4v) is 7.79. The monoisotopic (exact) mass is 607 g/mol. The molecule has 0 aromatic heterocycles. The van der Waals surface area contributed by atoms with E-state index >= 15 is 0 Å². The molecular weight excluding hydrogens is 575 g/mol. The number of thioether (sulfide) groups is 1. The molecule has 0 bridgehead atoms. The van der Waals surface area contributed by atoms with Gasteiger partial charge in [0.2, 0.25) is 0 Å². The van der Waals surface area contributed by atoms with Gasteiger partial charge < -0.3 is 14.5 Å². The van der Waals surface area contributed by atoms with Crippen LogP contribution < -0.4 is 9.80 Å². The Morgan fingerprint density at radius 3 is 1.58 bits per heavy atom. The van der Waals surface area contributed by atoms with E-state index in [0.29, 0.717) is 25.1 Å². The Morgan fingerprint density at radius 1 is 0.644 bits per heavy atom. The van der Waals surface area contributed by atoms with Crippen molar-refractivity contribution >= 4 is 39.8 Å². The number of para-hydroxylation sites is 3. The molecule has 222 valence electrons. The molecule has 0 fully saturated rings. The summed E-state index contributed by atoms with van der Waals surface area (Å²) in [5.41, 5.74) is 5.86. The van der Waals surface area contributed by atoms with Crippen molar-refractivity contribution in [1.82, 2.24) is 0 Å². The van der Waals surface area contributed by atoms with E-state index < -0.39 is 5.66 Å². The van der Waals surface area contributed by atoms with E-state index in [9.17, 15) is 4.79 Å². The van der Waals surface area contributed by atoms with Crippen LogP contribution in [0.2, 0.25) is 0 Å². The van der Waals surface area contributed by atoms with Gasteiger partial charge in [-0.25, -0.2) is 9.79 Å². The van der Waals surface area contributed by atoms with Crippen LogP contribution in [0.5, 0.6) is 0 Å². The number of aliphatic imine (C=N–C) groups is 1. The van der Waals surface area contributed by atoms with Gasteiger partial charge in [0.25, 0.3) is 0 Å². The lowest BCUT2D eigenvalue weighted by Crippen LogP contribution is -2.62. The van der Waals surface area contributed by atoms with Crippen LogP contribution in [-0.4, -0.2) is 23.8 Å². The second-order valence-corrected chi connectivity index (χ2v) is 12.2. The highest BCUT2D eigenvalue weighted by atomic mass is 32.2. The van der Waals surface area contributed by atoms with Gasteiger partial charge in [-0.3, -0.25) is 0 Å². The van der Waals surface area contributed by atoms with Crippen LogP contribution in [0.15, 0.2) is 161 Å². The highest BCUT2D eigenvalue weighted by Gasteiger charge is 2.62. The number of carbonyl (C=O) groups is 1. The van der Waals surface area contributed by atoms with Gasteiger partial charge in [0.15, 0.2) is 5.66 Å². The lowest BCUT2D eigenvalue weighted by Gasteiger charge is -2.44. The van der Waals surface area contributed by atoms with E-state index in [1.165, 1.54) is 7.11 Å². The first-order valence-electron chi connectivity index (χ1n) is 15.1. The van der Waals surface area contributed by atoms with Crippen molar-refractivity contribution in [2.24, 2.45) is 4.99 Å². The number of fused-ring (bicyclic) bond motifs is 1. The average Bonchev–Trinajstić information content (AvgIpc) is 3.54. The molecule has 7 rings (SSSR count). The molecule has 5 nitrogen and oxygen atoms in total. The number of methoxy groups -OCH3 is 1. The molecule has 45 heavy (non-hydrogen) atoms. The normalized spacial score (nSPS) is 16.0. The van der Waals surface area contributed by atoms with Crippen LogP contribution >= 0.6 is 11.8 Å². The minimum Gasteiger partial charge on any atom is -0.466 e. The molecule has 0 amide bonds. The first-order valence-corrected chi connectivity index (χ1v) is 15.9. The number of ether oxygens (including phenoxy) is 1. The number of allylic oxidation sites excluding steroid dienone is 1. The maximum absolute atomic E-state index is 14.3. The highest BCUT2D eigenvalue weighted by Crippen LogP contribution is 2.58. The summed E-state index contributed by atoms with van der Waals surface area (Å²) in [6.07, 6.45) is 0.584. The fraction of sp³-hybridized carbons (Fsp3) is 0.128. The molecule has 6 heteroatoms. The molecule has 2 aliphatic heterocycles. The quantitative estimate of drug-likeness (QED) is 0.165. The van der Waals surface area contributed by atoms with Crippen molar-refractivity contribution in [1.29, 1.82) is 0 Å². The van der Waals surface area contributed by atoms with Gasteiger partial charge >= 0.3 is 5.97 Å². The molecule has 2 aliphatic rings. The molecule has 0 aliphatic carbocycles. The summed E-state index contributed by atoms with van der Waals surface area (Å²) in [6.45, 7) is 1.13. The van der Waals surface area contributed by atoms with Crippen LogP contribution in [0.1, 0.15) is 16.7 Å².